The average Bonchev–Trinajstić information content (AvgIpc) is 2.99. The fourth-order valence-corrected chi connectivity index (χ4v) is 2.50. The minimum absolute atomic E-state index is 0.122. The van der Waals surface area contributed by atoms with Crippen LogP contribution in [0.4, 0.5) is 0 Å². The van der Waals surface area contributed by atoms with Crippen LogP contribution in [0.5, 0.6) is 0 Å². The molecule has 0 fully saturated rings. The Morgan fingerprint density at radius 2 is 2.33 bits per heavy atom. The highest BCUT2D eigenvalue weighted by Gasteiger charge is 2.19. The van der Waals surface area contributed by atoms with Crippen molar-refractivity contribution in [3.05, 3.63) is 24.2 Å². The van der Waals surface area contributed by atoms with E-state index in [1.54, 1.807) is 6.20 Å². The molecule has 0 atom stereocenters. The van der Waals surface area contributed by atoms with Crippen molar-refractivity contribution < 1.29 is 13.5 Å². The lowest BCUT2D eigenvalue weighted by atomic mass is 10.4. The SMILES string of the molecule is O=S(=O)(NCCn1ccnn1)c1[nH]ncc1CO. The van der Waals surface area contributed by atoms with E-state index in [0.29, 0.717) is 6.54 Å². The van der Waals surface area contributed by atoms with Gasteiger partial charge in [-0.3, -0.25) is 9.78 Å². The lowest BCUT2D eigenvalue weighted by Crippen LogP contribution is -2.28. The molecule has 98 valence electrons. The van der Waals surface area contributed by atoms with E-state index in [1.807, 2.05) is 0 Å². The Balaban J connectivity index is 1.99. The maximum absolute atomic E-state index is 11.9. The lowest BCUT2D eigenvalue weighted by molar-refractivity contribution is 0.278. The molecule has 0 radical (unpaired) electrons. The maximum Gasteiger partial charge on any atom is 0.257 e. The Bertz CT molecular complexity index is 590. The summed E-state index contributed by atoms with van der Waals surface area (Å²) in [4.78, 5) is 0. The molecule has 10 heteroatoms. The summed E-state index contributed by atoms with van der Waals surface area (Å²) >= 11 is 0. The first kappa shape index (κ1) is 12.7. The number of aromatic amines is 1. The van der Waals surface area contributed by atoms with Gasteiger partial charge in [-0.2, -0.15) is 5.10 Å². The summed E-state index contributed by atoms with van der Waals surface area (Å²) in [5.74, 6) is 0. The molecule has 2 aromatic heterocycles. The Morgan fingerprint density at radius 3 is 3.00 bits per heavy atom. The normalized spacial score (nSPS) is 11.8. The van der Waals surface area contributed by atoms with Gasteiger partial charge in [-0.15, -0.1) is 5.10 Å². The first-order valence-electron chi connectivity index (χ1n) is 5.10. The van der Waals surface area contributed by atoms with Gasteiger partial charge >= 0.3 is 0 Å². The van der Waals surface area contributed by atoms with E-state index in [0.717, 1.165) is 0 Å². The largest absolute Gasteiger partial charge is 0.392 e. The van der Waals surface area contributed by atoms with Crippen LogP contribution >= 0.6 is 0 Å². The van der Waals surface area contributed by atoms with Crippen LogP contribution in [0, 0.1) is 0 Å². The summed E-state index contributed by atoms with van der Waals surface area (Å²) in [7, 11) is -3.70. The lowest BCUT2D eigenvalue weighted by Gasteiger charge is -2.05. The molecule has 0 aliphatic rings. The summed E-state index contributed by atoms with van der Waals surface area (Å²) in [5.41, 5.74) is 0.225. The van der Waals surface area contributed by atoms with Crippen LogP contribution < -0.4 is 4.72 Å². The molecule has 0 spiro atoms. The van der Waals surface area contributed by atoms with E-state index < -0.39 is 16.6 Å². The number of sulfonamides is 1. The minimum atomic E-state index is -3.70. The highest BCUT2D eigenvalue weighted by Crippen LogP contribution is 2.10. The molecular weight excluding hydrogens is 260 g/mol. The van der Waals surface area contributed by atoms with Gasteiger partial charge in [-0.1, -0.05) is 5.21 Å². The number of nitrogens with one attached hydrogen (secondary N) is 2. The van der Waals surface area contributed by atoms with E-state index in [4.69, 9.17) is 5.11 Å². The van der Waals surface area contributed by atoms with Gasteiger partial charge in [0, 0.05) is 18.3 Å². The highest BCUT2D eigenvalue weighted by molar-refractivity contribution is 7.89. The van der Waals surface area contributed by atoms with Gasteiger partial charge in [0.15, 0.2) is 5.03 Å². The summed E-state index contributed by atoms with van der Waals surface area (Å²) in [5, 5.41) is 22.1. The van der Waals surface area contributed by atoms with Crippen LogP contribution in [0.25, 0.3) is 0 Å². The monoisotopic (exact) mass is 272 g/mol. The van der Waals surface area contributed by atoms with Crippen molar-refractivity contribution in [2.75, 3.05) is 6.54 Å². The molecule has 0 amide bonds. The Labute approximate surface area is 103 Å². The molecule has 3 N–H and O–H groups in total. The second kappa shape index (κ2) is 5.25. The second-order valence-corrected chi connectivity index (χ2v) is 5.15. The van der Waals surface area contributed by atoms with Gasteiger partial charge in [0.25, 0.3) is 10.0 Å². The molecule has 2 rings (SSSR count). The van der Waals surface area contributed by atoms with Crippen LogP contribution in [0.2, 0.25) is 0 Å². The van der Waals surface area contributed by atoms with Gasteiger partial charge in [0.2, 0.25) is 0 Å². The molecular formula is C8H12N6O3S. The molecule has 2 aromatic rings. The van der Waals surface area contributed by atoms with Crippen molar-refractivity contribution in [1.29, 1.82) is 0 Å². The number of H-pyrrole nitrogens is 1. The molecule has 18 heavy (non-hydrogen) atoms. The molecule has 0 aliphatic heterocycles. The van der Waals surface area contributed by atoms with Crippen LogP contribution in [-0.4, -0.2) is 45.3 Å². The first-order valence-corrected chi connectivity index (χ1v) is 6.58. The Kier molecular flexibility index (Phi) is 3.69. The molecule has 0 aromatic carbocycles. The predicted molar refractivity (Wildman–Crippen MR) is 59.7 cm³/mol. The van der Waals surface area contributed by atoms with Gasteiger partial charge in [-0.05, 0) is 0 Å². The number of nitrogens with zero attached hydrogens (tertiary/aromatic N) is 4. The number of hydrogen-bond acceptors (Lipinski definition) is 6. The Morgan fingerprint density at radius 1 is 1.50 bits per heavy atom. The van der Waals surface area contributed by atoms with Crippen molar-refractivity contribution >= 4 is 10.0 Å². The molecule has 0 bridgehead atoms. The van der Waals surface area contributed by atoms with Crippen molar-refractivity contribution in [3.8, 4) is 0 Å². The van der Waals surface area contributed by atoms with Gasteiger partial charge < -0.3 is 5.11 Å². The third-order valence-corrected chi connectivity index (χ3v) is 3.70. The average molecular weight is 272 g/mol. The van der Waals surface area contributed by atoms with E-state index >= 15 is 0 Å². The van der Waals surface area contributed by atoms with Gasteiger partial charge in [-0.25, -0.2) is 13.1 Å². The predicted octanol–water partition coefficient (Wildman–Crippen LogP) is -1.53. The second-order valence-electron chi connectivity index (χ2n) is 3.45. The number of hydrogen-bond donors (Lipinski definition) is 3. The quantitative estimate of drug-likeness (QED) is 0.586. The fourth-order valence-electron chi connectivity index (χ4n) is 1.36. The minimum Gasteiger partial charge on any atom is -0.392 e. The van der Waals surface area contributed by atoms with Crippen molar-refractivity contribution in [2.45, 2.75) is 18.2 Å². The molecule has 0 aliphatic carbocycles. The zero-order valence-corrected chi connectivity index (χ0v) is 10.1. The van der Waals surface area contributed by atoms with Gasteiger partial charge in [0.05, 0.1) is 25.5 Å². The zero-order valence-electron chi connectivity index (χ0n) is 9.31. The molecule has 0 saturated heterocycles. The third-order valence-electron chi connectivity index (χ3n) is 2.22. The molecule has 2 heterocycles. The van der Waals surface area contributed by atoms with Gasteiger partial charge in [0.1, 0.15) is 0 Å². The standard InChI is InChI=1S/C8H12N6O3S/c15-6-7-5-10-12-8(7)18(16,17)11-2-4-14-3-1-9-13-14/h1,3,5,11,15H,2,4,6H2,(H,10,12). The van der Waals surface area contributed by atoms with E-state index in [2.05, 4.69) is 25.2 Å². The highest BCUT2D eigenvalue weighted by atomic mass is 32.2. The van der Waals surface area contributed by atoms with Crippen LogP contribution in [0.1, 0.15) is 5.56 Å². The third kappa shape index (κ3) is 2.72. The van der Waals surface area contributed by atoms with Crippen molar-refractivity contribution in [1.82, 2.24) is 29.9 Å². The summed E-state index contributed by atoms with van der Waals surface area (Å²) in [6, 6.07) is 0. The summed E-state index contributed by atoms with van der Waals surface area (Å²) in [6.07, 6.45) is 4.41. The topological polar surface area (TPSA) is 126 Å². The molecule has 9 nitrogen and oxygen atoms in total. The fraction of sp³-hybridized carbons (Fsp3) is 0.375. The zero-order chi connectivity index (χ0) is 13.0. The van der Waals surface area contributed by atoms with E-state index in [1.165, 1.54) is 17.1 Å². The van der Waals surface area contributed by atoms with Crippen LogP contribution in [0.15, 0.2) is 23.6 Å². The number of rotatable bonds is 6. The molecule has 0 unspecified atom stereocenters. The smallest absolute Gasteiger partial charge is 0.257 e. The summed E-state index contributed by atoms with van der Waals surface area (Å²) in [6.45, 7) is 0.132. The van der Waals surface area contributed by atoms with E-state index in [-0.39, 0.29) is 17.1 Å². The van der Waals surface area contributed by atoms with Crippen molar-refractivity contribution in [2.24, 2.45) is 0 Å². The van der Waals surface area contributed by atoms with E-state index in [9.17, 15) is 8.42 Å². The van der Waals surface area contributed by atoms with Crippen molar-refractivity contribution in [3.63, 3.8) is 0 Å². The molecule has 0 saturated carbocycles. The summed E-state index contributed by atoms with van der Waals surface area (Å²) < 4.78 is 27.6. The number of aromatic nitrogens is 5. The number of aliphatic hydroxyl groups excluding tert-OH is 1. The maximum atomic E-state index is 11.9. The Hall–Kier alpha value is -1.78. The van der Waals surface area contributed by atoms with Crippen LogP contribution in [0.3, 0.4) is 0 Å². The first-order chi connectivity index (χ1) is 8.63. The number of aliphatic hydroxyl groups is 1. The van der Waals surface area contributed by atoms with Crippen LogP contribution in [-0.2, 0) is 23.2 Å².